The van der Waals surface area contributed by atoms with Crippen LogP contribution in [0.4, 0.5) is 0 Å². The summed E-state index contributed by atoms with van der Waals surface area (Å²) in [6.45, 7) is 0. The molecule has 10 aromatic rings. The molecule has 0 saturated heterocycles. The molecule has 0 unspecified atom stereocenters. The predicted molar refractivity (Wildman–Crippen MR) is 211 cm³/mol. The van der Waals surface area contributed by atoms with Crippen LogP contribution >= 0.6 is 0 Å². The Morgan fingerprint density at radius 3 is 1.75 bits per heavy atom. The Kier molecular flexibility index (Phi) is 6.78. The van der Waals surface area contributed by atoms with Crippen molar-refractivity contribution < 1.29 is 0 Å². The molecular weight excluding hydrogens is 621 g/mol. The highest BCUT2D eigenvalue weighted by Crippen LogP contribution is 2.41. The minimum absolute atomic E-state index is 0.640. The molecule has 0 aliphatic heterocycles. The van der Waals surface area contributed by atoms with E-state index in [1.165, 1.54) is 21.9 Å². The molecule has 4 heteroatoms. The molecule has 238 valence electrons. The van der Waals surface area contributed by atoms with Crippen molar-refractivity contribution in [3.8, 4) is 51.0 Å². The lowest BCUT2D eigenvalue weighted by molar-refractivity contribution is 1.08. The molecule has 0 N–H and O–H groups in total. The van der Waals surface area contributed by atoms with Gasteiger partial charge in [0.05, 0.1) is 11.0 Å². The number of aromatic nitrogens is 4. The van der Waals surface area contributed by atoms with Gasteiger partial charge in [0.1, 0.15) is 0 Å². The first-order valence-corrected chi connectivity index (χ1v) is 17.2. The van der Waals surface area contributed by atoms with E-state index in [1.54, 1.807) is 0 Å². The maximum Gasteiger partial charge on any atom is 0.164 e. The third-order valence-electron chi connectivity index (χ3n) is 9.83. The van der Waals surface area contributed by atoms with Crippen LogP contribution in [-0.4, -0.2) is 19.5 Å². The van der Waals surface area contributed by atoms with Gasteiger partial charge in [0.15, 0.2) is 17.5 Å². The standard InChI is InChI=1S/C47H30N4/c1-4-14-31(15-5-1)35-27-26-33-19-12-23-38(41(33)30-35)46-48-45(34-17-6-2-7-18-34)49-47(50-46)40-24-13-25-42-43(40)39-29-28-32-16-10-11-22-37(32)44(39)51(42)36-20-8-3-9-21-36/h1-30H. The van der Waals surface area contributed by atoms with Crippen molar-refractivity contribution >= 4 is 43.4 Å². The van der Waals surface area contributed by atoms with Crippen LogP contribution in [0.25, 0.3) is 94.3 Å². The first kappa shape index (κ1) is 29.0. The summed E-state index contributed by atoms with van der Waals surface area (Å²) < 4.78 is 2.38. The third kappa shape index (κ3) is 4.88. The summed E-state index contributed by atoms with van der Waals surface area (Å²) in [6, 6.07) is 63.9. The van der Waals surface area contributed by atoms with E-state index in [1.807, 2.05) is 24.3 Å². The summed E-state index contributed by atoms with van der Waals surface area (Å²) >= 11 is 0. The number of rotatable bonds is 5. The monoisotopic (exact) mass is 650 g/mol. The molecule has 0 radical (unpaired) electrons. The lowest BCUT2D eigenvalue weighted by atomic mass is 9.98. The molecule has 0 aliphatic rings. The van der Waals surface area contributed by atoms with Crippen LogP contribution in [0.5, 0.6) is 0 Å². The van der Waals surface area contributed by atoms with E-state index in [0.717, 1.165) is 55.0 Å². The van der Waals surface area contributed by atoms with Gasteiger partial charge in [-0.25, -0.2) is 15.0 Å². The van der Waals surface area contributed by atoms with E-state index in [9.17, 15) is 0 Å². The molecule has 0 fully saturated rings. The Balaban J connectivity index is 1.27. The lowest BCUT2D eigenvalue weighted by Gasteiger charge is -2.12. The van der Waals surface area contributed by atoms with E-state index in [0.29, 0.717) is 17.5 Å². The van der Waals surface area contributed by atoms with Gasteiger partial charge in [0.2, 0.25) is 0 Å². The number of hydrogen-bond acceptors (Lipinski definition) is 3. The molecule has 0 amide bonds. The van der Waals surface area contributed by atoms with Gasteiger partial charge in [-0.3, -0.25) is 0 Å². The molecule has 4 nitrogen and oxygen atoms in total. The predicted octanol–water partition coefficient (Wildman–Crippen LogP) is 11.9. The SMILES string of the molecule is c1ccc(-c2ccc3cccc(-c4nc(-c5ccccc5)nc(-c5cccc6c5c5ccc7ccccc7c5n6-c5ccccc5)n4)c3c2)cc1. The zero-order valence-electron chi connectivity index (χ0n) is 27.6. The summed E-state index contributed by atoms with van der Waals surface area (Å²) in [7, 11) is 0. The number of fused-ring (bicyclic) bond motifs is 6. The highest BCUT2D eigenvalue weighted by atomic mass is 15.0. The van der Waals surface area contributed by atoms with Crippen LogP contribution in [0, 0.1) is 0 Å². The summed E-state index contributed by atoms with van der Waals surface area (Å²) in [5, 5.41) is 6.90. The molecule has 10 rings (SSSR count). The molecular formula is C47H30N4. The minimum atomic E-state index is 0.640. The molecule has 2 aromatic heterocycles. The van der Waals surface area contributed by atoms with Crippen molar-refractivity contribution in [1.29, 1.82) is 0 Å². The van der Waals surface area contributed by atoms with Gasteiger partial charge in [0, 0.05) is 38.5 Å². The van der Waals surface area contributed by atoms with Crippen molar-refractivity contribution in [1.82, 2.24) is 19.5 Å². The van der Waals surface area contributed by atoms with Crippen molar-refractivity contribution in [2.75, 3.05) is 0 Å². The largest absolute Gasteiger partial charge is 0.309 e. The van der Waals surface area contributed by atoms with Gasteiger partial charge in [-0.2, -0.15) is 0 Å². The van der Waals surface area contributed by atoms with E-state index in [2.05, 4.69) is 162 Å². The summed E-state index contributed by atoms with van der Waals surface area (Å²) in [5.74, 6) is 1.92. The molecule has 2 heterocycles. The van der Waals surface area contributed by atoms with Crippen molar-refractivity contribution in [2.45, 2.75) is 0 Å². The molecule has 8 aromatic carbocycles. The van der Waals surface area contributed by atoms with E-state index < -0.39 is 0 Å². The second-order valence-corrected chi connectivity index (χ2v) is 12.8. The average Bonchev–Trinajstić information content (AvgIpc) is 3.56. The topological polar surface area (TPSA) is 43.6 Å². The van der Waals surface area contributed by atoms with E-state index >= 15 is 0 Å². The highest BCUT2D eigenvalue weighted by molar-refractivity contribution is 6.22. The third-order valence-corrected chi connectivity index (χ3v) is 9.83. The van der Waals surface area contributed by atoms with Crippen LogP contribution in [-0.2, 0) is 0 Å². The Labute approximate surface area is 295 Å². The van der Waals surface area contributed by atoms with Crippen LogP contribution in [0.2, 0.25) is 0 Å². The normalized spacial score (nSPS) is 11.5. The quantitative estimate of drug-likeness (QED) is 0.186. The number of nitrogens with zero attached hydrogens (tertiary/aromatic N) is 4. The molecule has 0 bridgehead atoms. The fraction of sp³-hybridized carbons (Fsp3) is 0. The average molecular weight is 651 g/mol. The van der Waals surface area contributed by atoms with Crippen molar-refractivity contribution in [2.24, 2.45) is 0 Å². The van der Waals surface area contributed by atoms with Gasteiger partial charge in [0.25, 0.3) is 0 Å². The Morgan fingerprint density at radius 1 is 0.353 bits per heavy atom. The zero-order chi connectivity index (χ0) is 33.7. The van der Waals surface area contributed by atoms with Crippen molar-refractivity contribution in [3.05, 3.63) is 182 Å². The lowest BCUT2D eigenvalue weighted by Crippen LogP contribution is -2.01. The van der Waals surface area contributed by atoms with Gasteiger partial charge >= 0.3 is 0 Å². The molecule has 0 aliphatic carbocycles. The Morgan fingerprint density at radius 2 is 0.941 bits per heavy atom. The second-order valence-electron chi connectivity index (χ2n) is 12.8. The smallest absolute Gasteiger partial charge is 0.164 e. The Hall–Kier alpha value is -6.91. The van der Waals surface area contributed by atoms with Crippen LogP contribution in [0.3, 0.4) is 0 Å². The molecule has 0 spiro atoms. The van der Waals surface area contributed by atoms with E-state index in [4.69, 9.17) is 15.0 Å². The fourth-order valence-corrected chi connectivity index (χ4v) is 7.47. The number of hydrogen-bond donors (Lipinski definition) is 0. The van der Waals surface area contributed by atoms with Crippen LogP contribution < -0.4 is 0 Å². The molecule has 0 saturated carbocycles. The van der Waals surface area contributed by atoms with Gasteiger partial charge in [-0.05, 0) is 51.6 Å². The highest BCUT2D eigenvalue weighted by Gasteiger charge is 2.21. The maximum absolute atomic E-state index is 5.32. The molecule has 0 atom stereocenters. The van der Waals surface area contributed by atoms with Crippen molar-refractivity contribution in [3.63, 3.8) is 0 Å². The van der Waals surface area contributed by atoms with Gasteiger partial charge in [-0.15, -0.1) is 0 Å². The maximum atomic E-state index is 5.32. The number of para-hydroxylation sites is 1. The Bertz CT molecular complexity index is 2900. The first-order chi connectivity index (χ1) is 25.3. The fourth-order valence-electron chi connectivity index (χ4n) is 7.47. The number of benzene rings is 8. The zero-order valence-corrected chi connectivity index (χ0v) is 27.6. The van der Waals surface area contributed by atoms with Gasteiger partial charge < -0.3 is 4.57 Å². The summed E-state index contributed by atoms with van der Waals surface area (Å²) in [5.41, 5.74) is 8.58. The first-order valence-electron chi connectivity index (χ1n) is 17.2. The molecule has 51 heavy (non-hydrogen) atoms. The van der Waals surface area contributed by atoms with Crippen LogP contribution in [0.15, 0.2) is 182 Å². The second kappa shape index (κ2) is 11.9. The van der Waals surface area contributed by atoms with E-state index in [-0.39, 0.29) is 0 Å². The van der Waals surface area contributed by atoms with Crippen LogP contribution in [0.1, 0.15) is 0 Å². The summed E-state index contributed by atoms with van der Waals surface area (Å²) in [6.07, 6.45) is 0. The summed E-state index contributed by atoms with van der Waals surface area (Å²) in [4.78, 5) is 15.7. The van der Waals surface area contributed by atoms with Gasteiger partial charge in [-0.1, -0.05) is 158 Å². The minimum Gasteiger partial charge on any atom is -0.309 e.